The van der Waals surface area contributed by atoms with Crippen molar-refractivity contribution in [1.82, 2.24) is 4.90 Å². The molecule has 76 valence electrons. The van der Waals surface area contributed by atoms with Gasteiger partial charge in [0, 0.05) is 19.4 Å². The van der Waals surface area contributed by atoms with Crippen molar-refractivity contribution < 1.29 is 14.3 Å². The van der Waals surface area contributed by atoms with Gasteiger partial charge in [-0.1, -0.05) is 0 Å². The molecule has 5 heteroatoms. The molecule has 0 aromatic heterocycles. The summed E-state index contributed by atoms with van der Waals surface area (Å²) in [6.45, 7) is 0.651. The first-order chi connectivity index (χ1) is 5.65. The molecule has 0 aromatic rings. The van der Waals surface area contributed by atoms with Gasteiger partial charge in [-0.25, -0.2) is 0 Å². The number of carbonyl (C=O) groups is 2. The quantitative estimate of drug-likeness (QED) is 0.578. The third-order valence-electron chi connectivity index (χ3n) is 2.17. The van der Waals surface area contributed by atoms with E-state index in [9.17, 15) is 9.59 Å². The molecule has 0 bridgehead atoms. The number of hydrogen-bond acceptors (Lipinski definition) is 4. The molecular weight excluding hydrogens is 194 g/mol. The van der Waals surface area contributed by atoms with Gasteiger partial charge in [-0.2, -0.15) is 0 Å². The van der Waals surface area contributed by atoms with Crippen molar-refractivity contribution in [3.05, 3.63) is 0 Å². The van der Waals surface area contributed by atoms with Gasteiger partial charge in [0.15, 0.2) is 0 Å². The highest BCUT2D eigenvalue weighted by Crippen LogP contribution is 2.12. The number of rotatable bonds is 1. The SMILES string of the molecule is COC(=O)C1CC(=O)CCN1C.Cl. The molecular formula is C8H14ClNO3. The molecule has 1 aliphatic rings. The lowest BCUT2D eigenvalue weighted by atomic mass is 10.0. The summed E-state index contributed by atoms with van der Waals surface area (Å²) < 4.78 is 4.58. The number of methoxy groups -OCH3 is 1. The van der Waals surface area contributed by atoms with E-state index in [1.54, 1.807) is 0 Å². The number of carbonyl (C=O) groups excluding carboxylic acids is 2. The van der Waals surface area contributed by atoms with Crippen LogP contribution in [0, 0.1) is 0 Å². The second-order valence-corrected chi connectivity index (χ2v) is 3.01. The van der Waals surface area contributed by atoms with Crippen LogP contribution in [0.1, 0.15) is 12.8 Å². The average Bonchev–Trinajstić information content (AvgIpc) is 2.08. The Kier molecular flexibility index (Phi) is 4.95. The molecule has 0 aliphatic carbocycles. The molecule has 0 amide bonds. The maximum absolute atomic E-state index is 11.1. The lowest BCUT2D eigenvalue weighted by Crippen LogP contribution is -2.45. The molecule has 0 saturated carbocycles. The number of ether oxygens (including phenoxy) is 1. The molecule has 1 atom stereocenters. The highest BCUT2D eigenvalue weighted by atomic mass is 35.5. The first-order valence-corrected chi connectivity index (χ1v) is 3.95. The Balaban J connectivity index is 0.00000144. The van der Waals surface area contributed by atoms with E-state index in [-0.39, 0.29) is 30.2 Å². The van der Waals surface area contributed by atoms with Crippen molar-refractivity contribution in [2.75, 3.05) is 20.7 Å². The van der Waals surface area contributed by atoms with Crippen molar-refractivity contribution in [2.24, 2.45) is 0 Å². The largest absolute Gasteiger partial charge is 0.468 e. The van der Waals surface area contributed by atoms with E-state index < -0.39 is 0 Å². The Bertz CT molecular complexity index is 208. The molecule has 1 aliphatic heterocycles. The summed E-state index contributed by atoms with van der Waals surface area (Å²) in [4.78, 5) is 24.0. The van der Waals surface area contributed by atoms with E-state index in [1.807, 2.05) is 11.9 Å². The fraction of sp³-hybridized carbons (Fsp3) is 0.750. The molecule has 1 rings (SSSR count). The van der Waals surface area contributed by atoms with Gasteiger partial charge < -0.3 is 4.74 Å². The highest BCUT2D eigenvalue weighted by Gasteiger charge is 2.30. The van der Waals surface area contributed by atoms with Crippen LogP contribution in [-0.4, -0.2) is 43.4 Å². The smallest absolute Gasteiger partial charge is 0.323 e. The number of Topliss-reactive ketones (excluding diaryl/α,β-unsaturated/α-hetero) is 1. The maximum atomic E-state index is 11.1. The fourth-order valence-electron chi connectivity index (χ4n) is 1.33. The summed E-state index contributed by atoms with van der Waals surface area (Å²) in [6, 6.07) is -0.365. The molecule has 13 heavy (non-hydrogen) atoms. The zero-order chi connectivity index (χ0) is 9.14. The van der Waals surface area contributed by atoms with E-state index in [4.69, 9.17) is 0 Å². The third-order valence-corrected chi connectivity index (χ3v) is 2.17. The van der Waals surface area contributed by atoms with Gasteiger partial charge in [-0.05, 0) is 7.05 Å². The molecule has 0 aromatic carbocycles. The number of hydrogen-bond donors (Lipinski definition) is 0. The first kappa shape index (κ1) is 12.4. The molecule has 1 heterocycles. The topological polar surface area (TPSA) is 46.6 Å². The van der Waals surface area contributed by atoms with Crippen LogP contribution in [0.5, 0.6) is 0 Å². The molecule has 1 unspecified atom stereocenters. The minimum atomic E-state index is -0.365. The van der Waals surface area contributed by atoms with Crippen LogP contribution in [0.2, 0.25) is 0 Å². The number of ketones is 1. The molecule has 0 spiro atoms. The molecule has 1 fully saturated rings. The van der Waals surface area contributed by atoms with Crippen molar-refractivity contribution >= 4 is 24.2 Å². The van der Waals surface area contributed by atoms with E-state index in [2.05, 4.69) is 4.74 Å². The van der Waals surface area contributed by atoms with Gasteiger partial charge in [-0.3, -0.25) is 14.5 Å². The summed E-state index contributed by atoms with van der Waals surface area (Å²) in [5.41, 5.74) is 0. The standard InChI is InChI=1S/C8H13NO3.ClH/c1-9-4-3-6(10)5-7(9)8(11)12-2;/h7H,3-5H2,1-2H3;1H. The Hall–Kier alpha value is -0.610. The van der Waals surface area contributed by atoms with E-state index in [0.717, 1.165) is 0 Å². The van der Waals surface area contributed by atoms with E-state index in [0.29, 0.717) is 19.4 Å². The highest BCUT2D eigenvalue weighted by molar-refractivity contribution is 5.87. The van der Waals surface area contributed by atoms with Crippen LogP contribution >= 0.6 is 12.4 Å². The number of piperidine rings is 1. The van der Waals surface area contributed by atoms with Gasteiger partial charge in [0.05, 0.1) is 7.11 Å². The molecule has 1 saturated heterocycles. The lowest BCUT2D eigenvalue weighted by molar-refractivity contribution is -0.150. The lowest BCUT2D eigenvalue weighted by Gasteiger charge is -2.29. The van der Waals surface area contributed by atoms with Gasteiger partial charge in [0.25, 0.3) is 0 Å². The molecule has 0 radical (unpaired) electrons. The fourth-order valence-corrected chi connectivity index (χ4v) is 1.33. The van der Waals surface area contributed by atoms with Crippen molar-refractivity contribution in [2.45, 2.75) is 18.9 Å². The maximum Gasteiger partial charge on any atom is 0.323 e. The minimum absolute atomic E-state index is 0. The monoisotopic (exact) mass is 207 g/mol. The zero-order valence-corrected chi connectivity index (χ0v) is 8.60. The number of halogens is 1. The normalized spacial score (nSPS) is 23.5. The summed E-state index contributed by atoms with van der Waals surface area (Å²) in [5.74, 6) is -0.172. The number of esters is 1. The predicted molar refractivity (Wildman–Crippen MR) is 49.9 cm³/mol. The van der Waals surface area contributed by atoms with Crippen LogP contribution in [-0.2, 0) is 14.3 Å². The minimum Gasteiger partial charge on any atom is -0.468 e. The summed E-state index contributed by atoms with van der Waals surface area (Å²) in [6.07, 6.45) is 0.840. The van der Waals surface area contributed by atoms with Gasteiger partial charge >= 0.3 is 5.97 Å². The predicted octanol–water partition coefficient (Wildman–Crippen LogP) is 0.244. The second-order valence-electron chi connectivity index (χ2n) is 3.01. The van der Waals surface area contributed by atoms with Crippen molar-refractivity contribution in [1.29, 1.82) is 0 Å². The van der Waals surface area contributed by atoms with Gasteiger partial charge in [0.1, 0.15) is 11.8 Å². The van der Waals surface area contributed by atoms with Crippen LogP contribution in [0.4, 0.5) is 0 Å². The Labute approximate surface area is 83.6 Å². The van der Waals surface area contributed by atoms with Crippen molar-refractivity contribution in [3.63, 3.8) is 0 Å². The zero-order valence-electron chi connectivity index (χ0n) is 7.78. The van der Waals surface area contributed by atoms with Crippen molar-refractivity contribution in [3.8, 4) is 0 Å². The number of nitrogens with zero attached hydrogens (tertiary/aromatic N) is 1. The second kappa shape index (κ2) is 5.19. The first-order valence-electron chi connectivity index (χ1n) is 3.95. The van der Waals surface area contributed by atoms with Crippen LogP contribution in [0.3, 0.4) is 0 Å². The van der Waals surface area contributed by atoms with E-state index >= 15 is 0 Å². The Morgan fingerprint density at radius 1 is 1.62 bits per heavy atom. The molecule has 4 nitrogen and oxygen atoms in total. The van der Waals surface area contributed by atoms with E-state index in [1.165, 1.54) is 7.11 Å². The summed E-state index contributed by atoms with van der Waals surface area (Å²) >= 11 is 0. The summed E-state index contributed by atoms with van der Waals surface area (Å²) in [5, 5.41) is 0. The van der Waals surface area contributed by atoms with Crippen LogP contribution < -0.4 is 0 Å². The number of likely N-dealkylation sites (tertiary alicyclic amines) is 1. The Morgan fingerprint density at radius 2 is 2.23 bits per heavy atom. The Morgan fingerprint density at radius 3 is 2.77 bits per heavy atom. The molecule has 0 N–H and O–H groups in total. The van der Waals surface area contributed by atoms with Crippen LogP contribution in [0.15, 0.2) is 0 Å². The summed E-state index contributed by atoms with van der Waals surface area (Å²) in [7, 11) is 3.17. The van der Waals surface area contributed by atoms with Gasteiger partial charge in [0.2, 0.25) is 0 Å². The van der Waals surface area contributed by atoms with Crippen LogP contribution in [0.25, 0.3) is 0 Å². The third kappa shape index (κ3) is 2.97. The van der Waals surface area contributed by atoms with Gasteiger partial charge in [-0.15, -0.1) is 12.4 Å². The average molecular weight is 208 g/mol. The number of likely N-dealkylation sites (N-methyl/N-ethyl adjacent to an activating group) is 1.